The Hall–Kier alpha value is -1.69. The van der Waals surface area contributed by atoms with Crippen molar-refractivity contribution in [3.63, 3.8) is 0 Å². The summed E-state index contributed by atoms with van der Waals surface area (Å²) in [6.07, 6.45) is 3.33. The smallest absolute Gasteiger partial charge is 0.223 e. The van der Waals surface area contributed by atoms with Crippen molar-refractivity contribution in [1.29, 1.82) is 0 Å². The second-order valence-corrected chi connectivity index (χ2v) is 6.45. The van der Waals surface area contributed by atoms with Crippen LogP contribution in [0, 0.1) is 13.8 Å². The zero-order valence-electron chi connectivity index (χ0n) is 14.8. The summed E-state index contributed by atoms with van der Waals surface area (Å²) in [7, 11) is 2.14. The van der Waals surface area contributed by atoms with Crippen LogP contribution in [0.25, 0.3) is 0 Å². The first-order valence-electron chi connectivity index (χ1n) is 8.50. The molecule has 2 N–H and O–H groups in total. The van der Waals surface area contributed by atoms with Crippen molar-refractivity contribution in [2.75, 3.05) is 32.4 Å². The highest BCUT2D eigenvalue weighted by molar-refractivity contribution is 5.76. The summed E-state index contributed by atoms with van der Waals surface area (Å²) in [6, 6.07) is 0.383. The van der Waals surface area contributed by atoms with Crippen molar-refractivity contribution < 1.29 is 4.79 Å². The summed E-state index contributed by atoms with van der Waals surface area (Å²) in [5, 5.41) is 0. The van der Waals surface area contributed by atoms with E-state index in [0.717, 1.165) is 49.4 Å². The normalized spacial score (nSPS) is 16.5. The number of nitrogen functional groups attached to an aromatic ring is 1. The minimum atomic E-state index is 0.234. The molecule has 2 heterocycles. The van der Waals surface area contributed by atoms with Crippen LogP contribution in [0.5, 0.6) is 0 Å². The molecule has 0 unspecified atom stereocenters. The van der Waals surface area contributed by atoms with E-state index in [1.807, 2.05) is 13.8 Å². The number of aryl methyl sites for hydroxylation is 2. The third-order valence-electron chi connectivity index (χ3n) is 4.82. The highest BCUT2D eigenvalue weighted by Gasteiger charge is 2.25. The van der Waals surface area contributed by atoms with E-state index >= 15 is 0 Å². The molecular weight excluding hydrogens is 290 g/mol. The highest BCUT2D eigenvalue weighted by Crippen LogP contribution is 2.18. The molecule has 1 aromatic rings. The van der Waals surface area contributed by atoms with E-state index in [9.17, 15) is 4.79 Å². The molecule has 128 valence electrons. The largest absolute Gasteiger partial charge is 0.368 e. The van der Waals surface area contributed by atoms with Gasteiger partial charge in [-0.2, -0.15) is 0 Å². The van der Waals surface area contributed by atoms with Crippen molar-refractivity contribution in [1.82, 2.24) is 19.8 Å². The lowest BCUT2D eigenvalue weighted by atomic mass is 10.0. The predicted molar refractivity (Wildman–Crippen MR) is 92.1 cm³/mol. The minimum absolute atomic E-state index is 0.234. The molecule has 1 aliphatic rings. The van der Waals surface area contributed by atoms with Crippen LogP contribution in [-0.4, -0.2) is 58.4 Å². The lowest BCUT2D eigenvalue weighted by Gasteiger charge is -2.37. The molecule has 0 atom stereocenters. The number of nitrogens with two attached hydrogens (primary N) is 1. The summed E-state index contributed by atoms with van der Waals surface area (Å²) in [5.74, 6) is 0.536. The number of hydrogen-bond acceptors (Lipinski definition) is 5. The molecular formula is C17H29N5O. The topological polar surface area (TPSA) is 75.3 Å². The fourth-order valence-electron chi connectivity index (χ4n) is 3.45. The van der Waals surface area contributed by atoms with Crippen molar-refractivity contribution in [3.05, 3.63) is 17.0 Å². The van der Waals surface area contributed by atoms with Crippen LogP contribution in [0.3, 0.4) is 0 Å². The van der Waals surface area contributed by atoms with Gasteiger partial charge in [-0.25, -0.2) is 9.97 Å². The standard InChI is InChI=1S/C17H29N5O/c1-5-22(14-8-10-21(4)11-9-14)16(23)7-6-15-12(2)19-17(18)20-13(15)3/h14H,5-11H2,1-4H3,(H2,18,19,20). The number of hydrogen-bond donors (Lipinski definition) is 1. The first-order valence-corrected chi connectivity index (χ1v) is 8.50. The first-order chi connectivity index (χ1) is 10.9. The molecule has 23 heavy (non-hydrogen) atoms. The van der Waals surface area contributed by atoms with E-state index in [-0.39, 0.29) is 5.91 Å². The van der Waals surface area contributed by atoms with Crippen molar-refractivity contribution in [2.24, 2.45) is 0 Å². The number of carbonyl (C=O) groups excluding carboxylic acids is 1. The molecule has 1 amide bonds. The van der Waals surface area contributed by atoms with Gasteiger partial charge in [0.2, 0.25) is 11.9 Å². The van der Waals surface area contributed by atoms with Crippen LogP contribution in [0.15, 0.2) is 0 Å². The van der Waals surface area contributed by atoms with Gasteiger partial charge in [-0.1, -0.05) is 0 Å². The lowest BCUT2D eigenvalue weighted by Crippen LogP contribution is -2.46. The number of likely N-dealkylation sites (tertiary alicyclic amines) is 1. The van der Waals surface area contributed by atoms with E-state index in [1.54, 1.807) is 0 Å². The van der Waals surface area contributed by atoms with Gasteiger partial charge in [-0.3, -0.25) is 4.79 Å². The Kier molecular flexibility index (Phi) is 5.93. The van der Waals surface area contributed by atoms with Gasteiger partial charge in [0.15, 0.2) is 0 Å². The summed E-state index contributed by atoms with van der Waals surface area (Å²) < 4.78 is 0. The Morgan fingerprint density at radius 3 is 2.35 bits per heavy atom. The minimum Gasteiger partial charge on any atom is -0.368 e. The summed E-state index contributed by atoms with van der Waals surface area (Å²) in [5.41, 5.74) is 8.47. The SMILES string of the molecule is CCN(C(=O)CCc1c(C)nc(N)nc1C)C1CCN(C)CC1. The molecule has 1 saturated heterocycles. The molecule has 0 radical (unpaired) electrons. The molecule has 1 fully saturated rings. The molecule has 0 aromatic carbocycles. The quantitative estimate of drug-likeness (QED) is 0.891. The van der Waals surface area contributed by atoms with Gasteiger partial charge in [-0.15, -0.1) is 0 Å². The molecule has 6 heteroatoms. The lowest BCUT2D eigenvalue weighted by molar-refractivity contribution is -0.134. The second-order valence-electron chi connectivity index (χ2n) is 6.45. The van der Waals surface area contributed by atoms with E-state index in [4.69, 9.17) is 5.73 Å². The third kappa shape index (κ3) is 4.41. The van der Waals surface area contributed by atoms with Crippen molar-refractivity contribution in [2.45, 2.75) is 52.5 Å². The van der Waals surface area contributed by atoms with Crippen LogP contribution < -0.4 is 5.73 Å². The van der Waals surface area contributed by atoms with Gasteiger partial charge in [0.05, 0.1) is 0 Å². The summed E-state index contributed by atoms with van der Waals surface area (Å²) >= 11 is 0. The highest BCUT2D eigenvalue weighted by atomic mass is 16.2. The van der Waals surface area contributed by atoms with Gasteiger partial charge in [0.25, 0.3) is 0 Å². The monoisotopic (exact) mass is 319 g/mol. The Bertz CT molecular complexity index is 529. The molecule has 0 spiro atoms. The molecule has 6 nitrogen and oxygen atoms in total. The van der Waals surface area contributed by atoms with Gasteiger partial charge in [0, 0.05) is 30.4 Å². The number of rotatable bonds is 5. The van der Waals surface area contributed by atoms with Crippen LogP contribution in [-0.2, 0) is 11.2 Å². The van der Waals surface area contributed by atoms with Crippen LogP contribution in [0.4, 0.5) is 5.95 Å². The number of piperidine rings is 1. The Morgan fingerprint density at radius 1 is 1.26 bits per heavy atom. The summed E-state index contributed by atoms with van der Waals surface area (Å²) in [6.45, 7) is 8.85. The third-order valence-corrected chi connectivity index (χ3v) is 4.82. The van der Waals surface area contributed by atoms with Gasteiger partial charge in [0.1, 0.15) is 0 Å². The first kappa shape index (κ1) is 17.7. The molecule has 0 saturated carbocycles. The van der Waals surface area contributed by atoms with Gasteiger partial charge >= 0.3 is 0 Å². The summed E-state index contributed by atoms with van der Waals surface area (Å²) in [4.78, 5) is 25.5. The molecule has 0 bridgehead atoms. The van der Waals surface area contributed by atoms with Crippen LogP contribution in [0.1, 0.15) is 43.1 Å². The zero-order chi connectivity index (χ0) is 17.0. The molecule has 1 aliphatic heterocycles. The number of nitrogens with zero attached hydrogens (tertiary/aromatic N) is 4. The van der Waals surface area contributed by atoms with Gasteiger partial charge in [-0.05, 0) is 65.7 Å². The number of amides is 1. The predicted octanol–water partition coefficient (Wildman–Crippen LogP) is 1.55. The number of anilines is 1. The van der Waals surface area contributed by atoms with Crippen LogP contribution in [0.2, 0.25) is 0 Å². The van der Waals surface area contributed by atoms with Crippen LogP contribution >= 0.6 is 0 Å². The van der Waals surface area contributed by atoms with Gasteiger partial charge < -0.3 is 15.5 Å². The van der Waals surface area contributed by atoms with E-state index in [0.29, 0.717) is 24.8 Å². The number of aromatic nitrogens is 2. The molecule has 0 aliphatic carbocycles. The average Bonchev–Trinajstić information content (AvgIpc) is 2.48. The van der Waals surface area contributed by atoms with Crippen molar-refractivity contribution >= 4 is 11.9 Å². The van der Waals surface area contributed by atoms with E-state index < -0.39 is 0 Å². The fraction of sp³-hybridized carbons (Fsp3) is 0.706. The Morgan fingerprint density at radius 2 is 1.83 bits per heavy atom. The molecule has 2 rings (SSSR count). The fourth-order valence-corrected chi connectivity index (χ4v) is 3.45. The maximum atomic E-state index is 12.7. The van der Waals surface area contributed by atoms with Crippen molar-refractivity contribution in [3.8, 4) is 0 Å². The van der Waals surface area contributed by atoms with E-state index in [2.05, 4.69) is 33.7 Å². The second kappa shape index (κ2) is 7.73. The average molecular weight is 319 g/mol. The molecule has 1 aromatic heterocycles. The number of carbonyl (C=O) groups is 1. The Labute approximate surface area is 139 Å². The maximum Gasteiger partial charge on any atom is 0.223 e. The zero-order valence-corrected chi connectivity index (χ0v) is 14.8. The maximum absolute atomic E-state index is 12.7. The van der Waals surface area contributed by atoms with E-state index in [1.165, 1.54) is 0 Å². The Balaban J connectivity index is 1.98.